The summed E-state index contributed by atoms with van der Waals surface area (Å²) in [4.78, 5) is 21.6. The second kappa shape index (κ2) is 6.91. The Morgan fingerprint density at radius 2 is 1.97 bits per heavy atom. The number of anilines is 1. The highest BCUT2D eigenvalue weighted by molar-refractivity contribution is 5.92. The quantitative estimate of drug-likeness (QED) is 0.505. The SMILES string of the molecule is Cc1cccn2cc(-c3cccc(NC(=O)Cn4cnc5ccccc54)c3)nc12. The van der Waals surface area contributed by atoms with Gasteiger partial charge in [0.2, 0.25) is 5.91 Å². The highest BCUT2D eigenvalue weighted by atomic mass is 16.1. The van der Waals surface area contributed by atoms with Crippen LogP contribution in [0.25, 0.3) is 27.9 Å². The number of hydrogen-bond acceptors (Lipinski definition) is 3. The zero-order valence-corrected chi connectivity index (χ0v) is 15.9. The first-order valence-electron chi connectivity index (χ1n) is 9.42. The molecule has 3 heterocycles. The molecule has 0 unspecified atom stereocenters. The average molecular weight is 381 g/mol. The summed E-state index contributed by atoms with van der Waals surface area (Å²) in [5.41, 5.74) is 6.45. The molecule has 3 aromatic heterocycles. The molecule has 1 N–H and O–H groups in total. The van der Waals surface area contributed by atoms with E-state index in [9.17, 15) is 4.79 Å². The van der Waals surface area contributed by atoms with E-state index >= 15 is 0 Å². The zero-order chi connectivity index (χ0) is 19.8. The monoisotopic (exact) mass is 381 g/mol. The van der Waals surface area contributed by atoms with Crippen LogP contribution in [0.1, 0.15) is 5.56 Å². The molecule has 29 heavy (non-hydrogen) atoms. The number of rotatable bonds is 4. The van der Waals surface area contributed by atoms with Crippen molar-refractivity contribution in [1.29, 1.82) is 0 Å². The molecule has 142 valence electrons. The lowest BCUT2D eigenvalue weighted by atomic mass is 10.1. The summed E-state index contributed by atoms with van der Waals surface area (Å²) >= 11 is 0. The van der Waals surface area contributed by atoms with Crippen LogP contribution in [-0.4, -0.2) is 24.8 Å². The van der Waals surface area contributed by atoms with Crippen molar-refractivity contribution in [3.63, 3.8) is 0 Å². The maximum Gasteiger partial charge on any atom is 0.244 e. The van der Waals surface area contributed by atoms with Crippen molar-refractivity contribution in [1.82, 2.24) is 18.9 Å². The number of pyridine rings is 1. The lowest BCUT2D eigenvalue weighted by molar-refractivity contribution is -0.116. The summed E-state index contributed by atoms with van der Waals surface area (Å²) < 4.78 is 3.86. The number of carbonyl (C=O) groups is 1. The minimum atomic E-state index is -0.101. The van der Waals surface area contributed by atoms with E-state index in [1.54, 1.807) is 6.33 Å². The third kappa shape index (κ3) is 3.25. The number of aryl methyl sites for hydroxylation is 1. The molecular formula is C23H19N5O. The van der Waals surface area contributed by atoms with E-state index in [0.717, 1.165) is 39.2 Å². The number of carbonyl (C=O) groups excluding carboxylic acids is 1. The molecule has 6 nitrogen and oxygen atoms in total. The fourth-order valence-corrected chi connectivity index (χ4v) is 3.54. The third-order valence-electron chi connectivity index (χ3n) is 4.96. The molecule has 1 amide bonds. The summed E-state index contributed by atoms with van der Waals surface area (Å²) in [5, 5.41) is 2.98. The van der Waals surface area contributed by atoms with Crippen LogP contribution in [-0.2, 0) is 11.3 Å². The smallest absolute Gasteiger partial charge is 0.244 e. The highest BCUT2D eigenvalue weighted by Crippen LogP contribution is 2.23. The normalized spacial score (nSPS) is 11.2. The number of nitrogens with one attached hydrogen (secondary N) is 1. The minimum Gasteiger partial charge on any atom is -0.325 e. The van der Waals surface area contributed by atoms with Gasteiger partial charge in [0.25, 0.3) is 0 Å². The Morgan fingerprint density at radius 3 is 2.86 bits per heavy atom. The van der Waals surface area contributed by atoms with Gasteiger partial charge in [-0.15, -0.1) is 0 Å². The van der Waals surface area contributed by atoms with Gasteiger partial charge >= 0.3 is 0 Å². The number of para-hydroxylation sites is 2. The van der Waals surface area contributed by atoms with Crippen molar-refractivity contribution in [3.05, 3.63) is 84.9 Å². The van der Waals surface area contributed by atoms with E-state index in [1.165, 1.54) is 0 Å². The van der Waals surface area contributed by atoms with E-state index in [0.29, 0.717) is 0 Å². The Kier molecular flexibility index (Phi) is 4.09. The van der Waals surface area contributed by atoms with E-state index in [4.69, 9.17) is 4.98 Å². The van der Waals surface area contributed by atoms with Crippen LogP contribution in [0.3, 0.4) is 0 Å². The second-order valence-corrected chi connectivity index (χ2v) is 7.04. The summed E-state index contributed by atoms with van der Waals surface area (Å²) in [5.74, 6) is -0.101. The first-order chi connectivity index (χ1) is 14.2. The van der Waals surface area contributed by atoms with E-state index in [2.05, 4.69) is 10.3 Å². The molecule has 0 aliphatic rings. The maximum absolute atomic E-state index is 12.6. The van der Waals surface area contributed by atoms with Crippen LogP contribution in [0.4, 0.5) is 5.69 Å². The number of fused-ring (bicyclic) bond motifs is 2. The maximum atomic E-state index is 12.6. The number of amides is 1. The van der Waals surface area contributed by atoms with Crippen LogP contribution in [0.5, 0.6) is 0 Å². The second-order valence-electron chi connectivity index (χ2n) is 7.04. The molecule has 6 heteroatoms. The number of imidazole rings is 2. The minimum absolute atomic E-state index is 0.101. The van der Waals surface area contributed by atoms with Crippen molar-refractivity contribution >= 4 is 28.3 Å². The largest absolute Gasteiger partial charge is 0.325 e. The van der Waals surface area contributed by atoms with Gasteiger partial charge in [0.05, 0.1) is 23.1 Å². The number of hydrogen-bond donors (Lipinski definition) is 1. The predicted octanol–water partition coefficient (Wildman–Crippen LogP) is 4.30. The topological polar surface area (TPSA) is 64.2 Å². The highest BCUT2D eigenvalue weighted by Gasteiger charge is 2.10. The molecule has 0 radical (unpaired) electrons. The molecule has 5 rings (SSSR count). The van der Waals surface area contributed by atoms with Gasteiger partial charge in [-0.05, 0) is 42.8 Å². The molecule has 0 saturated carbocycles. The molecule has 0 spiro atoms. The lowest BCUT2D eigenvalue weighted by Gasteiger charge is -2.08. The van der Waals surface area contributed by atoms with Gasteiger partial charge < -0.3 is 14.3 Å². The molecule has 0 atom stereocenters. The van der Waals surface area contributed by atoms with Crippen molar-refractivity contribution < 1.29 is 4.79 Å². The first kappa shape index (κ1) is 17.2. The van der Waals surface area contributed by atoms with Gasteiger partial charge in [0, 0.05) is 23.6 Å². The Morgan fingerprint density at radius 1 is 1.07 bits per heavy atom. The van der Waals surface area contributed by atoms with Gasteiger partial charge in [0.15, 0.2) is 0 Å². The summed E-state index contributed by atoms with van der Waals surface area (Å²) in [6, 6.07) is 19.6. The van der Waals surface area contributed by atoms with Crippen LogP contribution in [0, 0.1) is 6.92 Å². The predicted molar refractivity (Wildman–Crippen MR) is 114 cm³/mol. The Bertz CT molecular complexity index is 1350. The average Bonchev–Trinajstić information content (AvgIpc) is 3.34. The zero-order valence-electron chi connectivity index (χ0n) is 15.9. The Hall–Kier alpha value is -3.93. The molecular weight excluding hydrogens is 362 g/mol. The molecule has 0 saturated heterocycles. The molecule has 0 aliphatic carbocycles. The van der Waals surface area contributed by atoms with Gasteiger partial charge in [-0.3, -0.25) is 4.79 Å². The fraction of sp³-hybridized carbons (Fsp3) is 0.0870. The molecule has 0 bridgehead atoms. The molecule has 2 aromatic carbocycles. The van der Waals surface area contributed by atoms with Crippen LogP contribution >= 0.6 is 0 Å². The van der Waals surface area contributed by atoms with Crippen LogP contribution in [0.2, 0.25) is 0 Å². The van der Waals surface area contributed by atoms with Crippen molar-refractivity contribution in [2.45, 2.75) is 13.5 Å². The van der Waals surface area contributed by atoms with E-state index in [1.807, 2.05) is 88.9 Å². The van der Waals surface area contributed by atoms with E-state index < -0.39 is 0 Å². The van der Waals surface area contributed by atoms with Gasteiger partial charge in [0.1, 0.15) is 12.2 Å². The van der Waals surface area contributed by atoms with Crippen molar-refractivity contribution in [2.24, 2.45) is 0 Å². The summed E-state index contributed by atoms with van der Waals surface area (Å²) in [7, 11) is 0. The number of nitrogens with zero attached hydrogens (tertiary/aromatic N) is 4. The van der Waals surface area contributed by atoms with Gasteiger partial charge in [-0.25, -0.2) is 9.97 Å². The molecule has 0 aliphatic heterocycles. The van der Waals surface area contributed by atoms with Crippen molar-refractivity contribution in [2.75, 3.05) is 5.32 Å². The van der Waals surface area contributed by atoms with Crippen molar-refractivity contribution in [3.8, 4) is 11.3 Å². The molecule has 5 aromatic rings. The van der Waals surface area contributed by atoms with Crippen LogP contribution < -0.4 is 5.32 Å². The lowest BCUT2D eigenvalue weighted by Crippen LogP contribution is -2.18. The molecule has 0 fully saturated rings. The first-order valence-corrected chi connectivity index (χ1v) is 9.42. The Labute approximate surface area is 167 Å². The number of aromatic nitrogens is 4. The fourth-order valence-electron chi connectivity index (χ4n) is 3.54. The Balaban J connectivity index is 1.38. The summed E-state index contributed by atoms with van der Waals surface area (Å²) in [6.07, 6.45) is 5.68. The third-order valence-corrected chi connectivity index (χ3v) is 4.96. The summed E-state index contributed by atoms with van der Waals surface area (Å²) in [6.45, 7) is 2.25. The van der Waals surface area contributed by atoms with E-state index in [-0.39, 0.29) is 12.5 Å². The van der Waals surface area contributed by atoms with Crippen LogP contribution in [0.15, 0.2) is 79.4 Å². The van der Waals surface area contributed by atoms with Gasteiger partial charge in [-0.2, -0.15) is 0 Å². The number of benzene rings is 2. The van der Waals surface area contributed by atoms with Gasteiger partial charge in [-0.1, -0.05) is 30.3 Å². The standard InChI is InChI=1S/C23H19N5O/c1-16-6-5-11-27-13-20(26-23(16)27)17-7-4-8-18(12-17)25-22(29)14-28-15-24-19-9-2-3-10-21(19)28/h2-13,15H,14H2,1H3,(H,25,29).